The van der Waals surface area contributed by atoms with Gasteiger partial charge < -0.3 is 5.73 Å². The van der Waals surface area contributed by atoms with E-state index >= 15 is 0 Å². The minimum Gasteiger partial charge on any atom is -0.384 e. The number of alkyl halides is 1. The van der Waals surface area contributed by atoms with Gasteiger partial charge in [-0.3, -0.25) is 4.90 Å². The van der Waals surface area contributed by atoms with Crippen LogP contribution >= 0.6 is 0 Å². The third-order valence-electron chi connectivity index (χ3n) is 2.25. The van der Waals surface area contributed by atoms with Gasteiger partial charge in [-0.25, -0.2) is 9.37 Å². The van der Waals surface area contributed by atoms with E-state index in [2.05, 4.69) is 4.98 Å². The standard InChI is InChI=1S/C11H18FN3/c1-3-10(12)8-15(2)7-9-4-5-11(13)14-6-9/h4-6,10H,3,7-8H2,1-2H3,(H2,13,14)/t10-/m0/s1. The fourth-order valence-electron chi connectivity index (χ4n) is 1.37. The molecule has 0 amide bonds. The van der Waals surface area contributed by atoms with E-state index in [9.17, 15) is 4.39 Å². The highest BCUT2D eigenvalue weighted by molar-refractivity contribution is 5.29. The number of halogens is 1. The van der Waals surface area contributed by atoms with Crippen molar-refractivity contribution in [2.75, 3.05) is 19.3 Å². The van der Waals surface area contributed by atoms with Crippen LogP contribution in [0.5, 0.6) is 0 Å². The summed E-state index contributed by atoms with van der Waals surface area (Å²) in [6.45, 7) is 3.01. The second-order valence-electron chi connectivity index (χ2n) is 3.79. The second-order valence-corrected chi connectivity index (χ2v) is 3.79. The minimum atomic E-state index is -0.753. The summed E-state index contributed by atoms with van der Waals surface area (Å²) in [5.74, 6) is 0.512. The van der Waals surface area contributed by atoms with E-state index < -0.39 is 6.17 Å². The van der Waals surface area contributed by atoms with Gasteiger partial charge >= 0.3 is 0 Å². The summed E-state index contributed by atoms with van der Waals surface area (Å²) in [5, 5.41) is 0. The van der Waals surface area contributed by atoms with Crippen molar-refractivity contribution in [3.05, 3.63) is 23.9 Å². The van der Waals surface area contributed by atoms with Crippen molar-refractivity contribution in [1.29, 1.82) is 0 Å². The lowest BCUT2D eigenvalue weighted by Gasteiger charge is -2.18. The monoisotopic (exact) mass is 211 g/mol. The Hall–Kier alpha value is -1.16. The van der Waals surface area contributed by atoms with Crippen LogP contribution in [0, 0.1) is 0 Å². The number of hydrogen-bond donors (Lipinski definition) is 1. The number of nitrogens with two attached hydrogens (primary N) is 1. The Morgan fingerprint density at radius 1 is 1.53 bits per heavy atom. The zero-order chi connectivity index (χ0) is 11.3. The second kappa shape index (κ2) is 5.66. The first kappa shape index (κ1) is 11.9. The van der Waals surface area contributed by atoms with E-state index in [1.165, 1.54) is 0 Å². The first-order valence-corrected chi connectivity index (χ1v) is 5.14. The number of hydrogen-bond acceptors (Lipinski definition) is 3. The Morgan fingerprint density at radius 2 is 2.27 bits per heavy atom. The molecule has 0 aliphatic heterocycles. The topological polar surface area (TPSA) is 42.1 Å². The lowest BCUT2D eigenvalue weighted by Crippen LogP contribution is -2.26. The molecular formula is C11H18FN3. The summed E-state index contributed by atoms with van der Waals surface area (Å²) in [4.78, 5) is 5.93. The van der Waals surface area contributed by atoms with Gasteiger partial charge in [-0.2, -0.15) is 0 Å². The van der Waals surface area contributed by atoms with Gasteiger partial charge in [-0.05, 0) is 25.1 Å². The highest BCUT2D eigenvalue weighted by Crippen LogP contribution is 2.06. The van der Waals surface area contributed by atoms with Crippen molar-refractivity contribution in [3.63, 3.8) is 0 Å². The summed E-state index contributed by atoms with van der Waals surface area (Å²) in [5.41, 5.74) is 6.53. The fraction of sp³-hybridized carbons (Fsp3) is 0.545. The number of nitrogen functional groups attached to an aromatic ring is 1. The van der Waals surface area contributed by atoms with Gasteiger partial charge in [0.15, 0.2) is 0 Å². The molecule has 3 nitrogen and oxygen atoms in total. The van der Waals surface area contributed by atoms with E-state index in [-0.39, 0.29) is 0 Å². The van der Waals surface area contributed by atoms with Gasteiger partial charge in [0.1, 0.15) is 12.0 Å². The third-order valence-corrected chi connectivity index (χ3v) is 2.25. The number of pyridine rings is 1. The highest BCUT2D eigenvalue weighted by atomic mass is 19.1. The highest BCUT2D eigenvalue weighted by Gasteiger charge is 2.07. The summed E-state index contributed by atoms with van der Waals surface area (Å²) in [7, 11) is 1.90. The lowest BCUT2D eigenvalue weighted by atomic mass is 10.2. The Labute approximate surface area is 90.1 Å². The van der Waals surface area contributed by atoms with E-state index in [0.717, 1.165) is 5.56 Å². The zero-order valence-corrected chi connectivity index (χ0v) is 9.28. The average molecular weight is 211 g/mol. The predicted octanol–water partition coefficient (Wildman–Crippen LogP) is 1.84. The van der Waals surface area contributed by atoms with Crippen molar-refractivity contribution in [2.45, 2.75) is 26.1 Å². The molecule has 0 bridgehead atoms. The van der Waals surface area contributed by atoms with E-state index in [1.807, 2.05) is 24.9 Å². The van der Waals surface area contributed by atoms with Crippen LogP contribution in [0.1, 0.15) is 18.9 Å². The van der Waals surface area contributed by atoms with Crippen LogP contribution in [-0.4, -0.2) is 29.6 Å². The van der Waals surface area contributed by atoms with Crippen LogP contribution in [0.4, 0.5) is 10.2 Å². The maximum atomic E-state index is 13.1. The normalized spacial score (nSPS) is 13.1. The molecule has 0 aromatic carbocycles. The molecule has 0 saturated heterocycles. The van der Waals surface area contributed by atoms with Crippen LogP contribution < -0.4 is 5.73 Å². The average Bonchev–Trinajstić information content (AvgIpc) is 2.21. The molecule has 15 heavy (non-hydrogen) atoms. The molecule has 1 atom stereocenters. The molecule has 1 heterocycles. The number of nitrogens with zero attached hydrogens (tertiary/aromatic N) is 2. The molecule has 0 aliphatic rings. The number of anilines is 1. The fourth-order valence-corrected chi connectivity index (χ4v) is 1.37. The smallest absolute Gasteiger partial charge is 0.123 e. The van der Waals surface area contributed by atoms with Crippen LogP contribution in [0.3, 0.4) is 0 Å². The predicted molar refractivity (Wildman–Crippen MR) is 60.2 cm³/mol. The Balaban J connectivity index is 2.44. The zero-order valence-electron chi connectivity index (χ0n) is 9.28. The summed E-state index contributed by atoms with van der Waals surface area (Å²) < 4.78 is 13.1. The van der Waals surface area contributed by atoms with Crippen molar-refractivity contribution in [3.8, 4) is 0 Å². The van der Waals surface area contributed by atoms with E-state index in [0.29, 0.717) is 25.3 Å². The van der Waals surface area contributed by atoms with E-state index in [4.69, 9.17) is 5.73 Å². The summed E-state index contributed by atoms with van der Waals surface area (Å²) >= 11 is 0. The molecule has 4 heteroatoms. The SMILES string of the molecule is CC[C@H](F)CN(C)Cc1ccc(N)nc1. The van der Waals surface area contributed by atoms with E-state index in [1.54, 1.807) is 12.3 Å². The van der Waals surface area contributed by atoms with Crippen LogP contribution in [0.2, 0.25) is 0 Å². The Morgan fingerprint density at radius 3 is 2.80 bits per heavy atom. The van der Waals surface area contributed by atoms with Crippen molar-refractivity contribution >= 4 is 5.82 Å². The third kappa shape index (κ3) is 4.25. The molecule has 2 N–H and O–H groups in total. The molecule has 1 rings (SSSR count). The molecule has 0 unspecified atom stereocenters. The van der Waals surface area contributed by atoms with Gasteiger partial charge in [-0.15, -0.1) is 0 Å². The maximum Gasteiger partial charge on any atom is 0.123 e. The van der Waals surface area contributed by atoms with Crippen molar-refractivity contribution in [2.24, 2.45) is 0 Å². The van der Waals surface area contributed by atoms with Gasteiger partial charge in [0.2, 0.25) is 0 Å². The van der Waals surface area contributed by atoms with Gasteiger partial charge in [0.25, 0.3) is 0 Å². The first-order chi connectivity index (χ1) is 7.11. The van der Waals surface area contributed by atoms with Gasteiger partial charge in [-0.1, -0.05) is 13.0 Å². The Bertz CT molecular complexity index is 286. The molecule has 0 spiro atoms. The molecule has 84 valence electrons. The molecular weight excluding hydrogens is 193 g/mol. The molecule has 0 aliphatic carbocycles. The van der Waals surface area contributed by atoms with Crippen LogP contribution in [-0.2, 0) is 6.54 Å². The Kier molecular flexibility index (Phi) is 4.49. The van der Waals surface area contributed by atoms with Crippen molar-refractivity contribution in [1.82, 2.24) is 9.88 Å². The quantitative estimate of drug-likeness (QED) is 0.808. The summed E-state index contributed by atoms with van der Waals surface area (Å²) in [6, 6.07) is 3.67. The first-order valence-electron chi connectivity index (χ1n) is 5.14. The molecule has 0 fully saturated rings. The molecule has 0 radical (unpaired) electrons. The van der Waals surface area contributed by atoms with Crippen molar-refractivity contribution < 1.29 is 4.39 Å². The van der Waals surface area contributed by atoms with Crippen LogP contribution in [0.15, 0.2) is 18.3 Å². The summed E-state index contributed by atoms with van der Waals surface area (Å²) in [6.07, 6.45) is 1.53. The van der Waals surface area contributed by atoms with Gasteiger partial charge in [0, 0.05) is 19.3 Å². The van der Waals surface area contributed by atoms with Gasteiger partial charge in [0.05, 0.1) is 0 Å². The maximum absolute atomic E-state index is 13.1. The molecule has 0 saturated carbocycles. The molecule has 1 aromatic heterocycles. The largest absolute Gasteiger partial charge is 0.384 e. The minimum absolute atomic E-state index is 0.459. The number of aromatic nitrogens is 1. The number of rotatable bonds is 5. The lowest BCUT2D eigenvalue weighted by molar-refractivity contribution is 0.210. The molecule has 1 aromatic rings. The van der Waals surface area contributed by atoms with Crippen LogP contribution in [0.25, 0.3) is 0 Å².